The van der Waals surface area contributed by atoms with E-state index in [9.17, 15) is 33.0 Å². The van der Waals surface area contributed by atoms with Gasteiger partial charge in [0, 0.05) is 18.3 Å². The third kappa shape index (κ3) is 5.77. The van der Waals surface area contributed by atoms with Gasteiger partial charge in [-0.2, -0.15) is 13.2 Å². The van der Waals surface area contributed by atoms with Gasteiger partial charge in [-0.15, -0.1) is 0 Å². The van der Waals surface area contributed by atoms with Crippen molar-refractivity contribution >= 4 is 17.7 Å². The summed E-state index contributed by atoms with van der Waals surface area (Å²) in [6, 6.07) is 8.85. The van der Waals surface area contributed by atoms with E-state index in [1.54, 1.807) is 24.3 Å². The number of urea groups is 1. The lowest BCUT2D eigenvalue weighted by atomic mass is 9.76. The van der Waals surface area contributed by atoms with Gasteiger partial charge < -0.3 is 25.2 Å². The van der Waals surface area contributed by atoms with Gasteiger partial charge >= 0.3 is 18.2 Å². The van der Waals surface area contributed by atoms with Crippen LogP contribution in [-0.4, -0.2) is 45.8 Å². The Balaban J connectivity index is 1.31. The van der Waals surface area contributed by atoms with Crippen molar-refractivity contribution in [3.63, 3.8) is 0 Å². The molecule has 0 bridgehead atoms. The van der Waals surface area contributed by atoms with Crippen molar-refractivity contribution in [2.45, 2.75) is 81.4 Å². The maximum absolute atomic E-state index is 13.7. The lowest BCUT2D eigenvalue weighted by Crippen LogP contribution is -2.43. The molecule has 2 amide bonds. The van der Waals surface area contributed by atoms with E-state index in [0.717, 1.165) is 57.1 Å². The van der Waals surface area contributed by atoms with Gasteiger partial charge in [-0.05, 0) is 67.9 Å². The van der Waals surface area contributed by atoms with Crippen LogP contribution in [0.4, 0.5) is 23.7 Å². The standard InChI is InChI=1S/C30H35F3N2O5/c31-30(32,33)22-16-23(34-27(38)35-15-14-29(39,19-35)21-6-2-1-3-7-21)18-25(17-22)40-24-10-8-20(9-11-24)28(26(36)37)12-4-5-13-28/h8-11,16-18,21,39H,1-7,12-15,19H2,(H,34,38)(H,36,37). The molecule has 2 aromatic rings. The van der Waals surface area contributed by atoms with E-state index in [2.05, 4.69) is 5.32 Å². The maximum Gasteiger partial charge on any atom is 0.416 e. The highest BCUT2D eigenvalue weighted by Gasteiger charge is 2.45. The molecule has 3 aliphatic rings. The van der Waals surface area contributed by atoms with Gasteiger partial charge in [-0.25, -0.2) is 4.79 Å². The van der Waals surface area contributed by atoms with Gasteiger partial charge in [0.2, 0.25) is 0 Å². The highest BCUT2D eigenvalue weighted by molar-refractivity contribution is 5.90. The van der Waals surface area contributed by atoms with Crippen molar-refractivity contribution in [1.82, 2.24) is 4.90 Å². The first-order valence-corrected chi connectivity index (χ1v) is 14.0. The minimum atomic E-state index is -4.67. The van der Waals surface area contributed by atoms with Crippen LogP contribution in [0.15, 0.2) is 42.5 Å². The highest BCUT2D eigenvalue weighted by atomic mass is 19.4. The molecule has 3 N–H and O–H groups in total. The van der Waals surface area contributed by atoms with E-state index in [1.165, 1.54) is 11.0 Å². The molecule has 1 unspecified atom stereocenters. The molecule has 0 radical (unpaired) electrons. The molecule has 2 aliphatic carbocycles. The van der Waals surface area contributed by atoms with Gasteiger partial charge in [-0.3, -0.25) is 4.79 Å². The number of rotatable bonds is 6. The van der Waals surface area contributed by atoms with E-state index in [0.29, 0.717) is 31.4 Å². The first-order chi connectivity index (χ1) is 19.0. The number of carbonyl (C=O) groups is 2. The van der Waals surface area contributed by atoms with Gasteiger partial charge in [0.15, 0.2) is 0 Å². The maximum atomic E-state index is 13.7. The summed E-state index contributed by atoms with van der Waals surface area (Å²) in [7, 11) is 0. The summed E-state index contributed by atoms with van der Waals surface area (Å²) in [4.78, 5) is 26.4. The molecule has 2 saturated carbocycles. The number of amides is 2. The second kappa shape index (κ2) is 11.0. The van der Waals surface area contributed by atoms with Crippen molar-refractivity contribution in [2.24, 2.45) is 5.92 Å². The van der Waals surface area contributed by atoms with Crippen LogP contribution in [0.5, 0.6) is 11.5 Å². The summed E-state index contributed by atoms with van der Waals surface area (Å²) < 4.78 is 46.9. The van der Waals surface area contributed by atoms with Gasteiger partial charge in [0.25, 0.3) is 0 Å². The lowest BCUT2D eigenvalue weighted by molar-refractivity contribution is -0.143. The molecule has 216 valence electrons. The normalized spacial score (nSPS) is 23.2. The van der Waals surface area contributed by atoms with Gasteiger partial charge in [0.05, 0.1) is 23.1 Å². The van der Waals surface area contributed by atoms with Crippen LogP contribution >= 0.6 is 0 Å². The molecule has 0 spiro atoms. The SMILES string of the molecule is O=C(Nc1cc(Oc2ccc(C3(C(=O)O)CCCC3)cc2)cc(C(F)(F)F)c1)N1CCC(O)(C2CCCCC2)C1. The number of alkyl halides is 3. The van der Waals surface area contributed by atoms with Crippen molar-refractivity contribution in [1.29, 1.82) is 0 Å². The number of likely N-dealkylation sites (tertiary alicyclic amines) is 1. The lowest BCUT2D eigenvalue weighted by Gasteiger charge is -2.35. The van der Waals surface area contributed by atoms with Crippen LogP contribution in [0.2, 0.25) is 0 Å². The Morgan fingerprint density at radius 3 is 2.23 bits per heavy atom. The molecule has 40 heavy (non-hydrogen) atoms. The van der Waals surface area contributed by atoms with Crippen LogP contribution in [0.25, 0.3) is 0 Å². The van der Waals surface area contributed by atoms with E-state index in [1.807, 2.05) is 0 Å². The zero-order chi connectivity index (χ0) is 28.5. The number of aliphatic carboxylic acids is 1. The Labute approximate surface area is 231 Å². The monoisotopic (exact) mass is 560 g/mol. The summed E-state index contributed by atoms with van der Waals surface area (Å²) in [5.74, 6) is -0.632. The smallest absolute Gasteiger partial charge is 0.416 e. The second-order valence-electron chi connectivity index (χ2n) is 11.5. The summed E-state index contributed by atoms with van der Waals surface area (Å²) in [5, 5.41) is 23.5. The van der Waals surface area contributed by atoms with Crippen LogP contribution in [0, 0.1) is 5.92 Å². The number of benzene rings is 2. The fraction of sp³-hybridized carbons (Fsp3) is 0.533. The number of hydrogen-bond donors (Lipinski definition) is 3. The molecule has 5 rings (SSSR count). The molecule has 10 heteroatoms. The Morgan fingerprint density at radius 1 is 0.925 bits per heavy atom. The van der Waals surface area contributed by atoms with Crippen LogP contribution in [0.1, 0.15) is 75.3 Å². The average Bonchev–Trinajstić information content (AvgIpc) is 3.58. The molecule has 1 aliphatic heterocycles. The number of aliphatic hydroxyl groups is 1. The van der Waals surface area contributed by atoms with Crippen LogP contribution in [0.3, 0.4) is 0 Å². The van der Waals surface area contributed by atoms with E-state index >= 15 is 0 Å². The molecule has 1 heterocycles. The summed E-state index contributed by atoms with van der Waals surface area (Å²) in [6.07, 6.45) is 3.56. The Hall–Kier alpha value is -3.27. The number of nitrogens with zero attached hydrogens (tertiary/aromatic N) is 1. The quantitative estimate of drug-likeness (QED) is 0.355. The second-order valence-corrected chi connectivity index (χ2v) is 11.5. The highest BCUT2D eigenvalue weighted by Crippen LogP contribution is 2.43. The number of ether oxygens (including phenoxy) is 1. The largest absolute Gasteiger partial charge is 0.481 e. The first kappa shape index (κ1) is 28.3. The fourth-order valence-electron chi connectivity index (χ4n) is 6.64. The minimum Gasteiger partial charge on any atom is -0.481 e. The van der Waals surface area contributed by atoms with Crippen molar-refractivity contribution in [3.8, 4) is 11.5 Å². The molecule has 1 saturated heterocycles. The number of β-amino-alcohol motifs (C(OH)–C–C–N with tert-alkyl or cyclic N) is 1. The zero-order valence-corrected chi connectivity index (χ0v) is 22.3. The predicted octanol–water partition coefficient (Wildman–Crippen LogP) is 6.94. The van der Waals surface area contributed by atoms with Crippen LogP contribution < -0.4 is 10.1 Å². The van der Waals surface area contributed by atoms with E-state index in [4.69, 9.17) is 4.74 Å². The number of carboxylic acids is 1. The predicted molar refractivity (Wildman–Crippen MR) is 142 cm³/mol. The summed E-state index contributed by atoms with van der Waals surface area (Å²) >= 11 is 0. The molecule has 1 atom stereocenters. The zero-order valence-electron chi connectivity index (χ0n) is 22.3. The number of nitrogens with one attached hydrogen (secondary N) is 1. The number of carboxylic acid groups (broad SMARTS) is 1. The molecule has 3 fully saturated rings. The number of carbonyl (C=O) groups excluding carboxylic acids is 1. The Bertz CT molecular complexity index is 1240. The molecular weight excluding hydrogens is 525 g/mol. The van der Waals surface area contributed by atoms with E-state index < -0.39 is 34.8 Å². The first-order valence-electron chi connectivity index (χ1n) is 14.0. The topological polar surface area (TPSA) is 99.1 Å². The Kier molecular flexibility index (Phi) is 7.74. The minimum absolute atomic E-state index is 0.0738. The van der Waals surface area contributed by atoms with Crippen molar-refractivity contribution < 1.29 is 37.7 Å². The fourth-order valence-corrected chi connectivity index (χ4v) is 6.64. The van der Waals surface area contributed by atoms with Gasteiger partial charge in [0.1, 0.15) is 11.5 Å². The van der Waals surface area contributed by atoms with E-state index in [-0.39, 0.29) is 29.6 Å². The van der Waals surface area contributed by atoms with Gasteiger partial charge in [-0.1, -0.05) is 44.2 Å². The van der Waals surface area contributed by atoms with Crippen LogP contribution in [-0.2, 0) is 16.4 Å². The summed E-state index contributed by atoms with van der Waals surface area (Å²) in [5.41, 5.74) is -2.34. The van der Waals surface area contributed by atoms with Crippen molar-refractivity contribution in [3.05, 3.63) is 53.6 Å². The molecule has 2 aromatic carbocycles. The number of anilines is 1. The third-order valence-corrected chi connectivity index (χ3v) is 8.93. The number of hydrogen-bond acceptors (Lipinski definition) is 4. The average molecular weight is 561 g/mol. The molecule has 7 nitrogen and oxygen atoms in total. The Morgan fingerprint density at radius 2 is 1.60 bits per heavy atom. The molecule has 0 aromatic heterocycles. The van der Waals surface area contributed by atoms with Crippen molar-refractivity contribution in [2.75, 3.05) is 18.4 Å². The third-order valence-electron chi connectivity index (χ3n) is 8.93. The number of halogens is 3. The summed E-state index contributed by atoms with van der Waals surface area (Å²) in [6.45, 7) is 0.474. The molecular formula is C30H35F3N2O5.